The van der Waals surface area contributed by atoms with Crippen LogP contribution in [0.15, 0.2) is 47.4 Å². The molecule has 0 aromatic heterocycles. The Kier molecular flexibility index (Phi) is 7.95. The maximum atomic E-state index is 14.0. The molecule has 5 nitrogen and oxygen atoms in total. The van der Waals surface area contributed by atoms with E-state index in [4.69, 9.17) is 0 Å². The van der Waals surface area contributed by atoms with E-state index in [0.717, 1.165) is 24.1 Å². The molecule has 2 aromatic carbocycles. The van der Waals surface area contributed by atoms with Crippen molar-refractivity contribution in [2.75, 3.05) is 28.8 Å². The first kappa shape index (κ1) is 26.9. The quantitative estimate of drug-likeness (QED) is 0.452. The molecule has 0 amide bonds. The summed E-state index contributed by atoms with van der Waals surface area (Å²) in [5.74, 6) is -2.63. The lowest BCUT2D eigenvalue weighted by Crippen LogP contribution is -2.39. The normalized spacial score (nSPS) is 21.9. The van der Waals surface area contributed by atoms with Crippen LogP contribution >= 0.6 is 0 Å². The van der Waals surface area contributed by atoms with Crippen molar-refractivity contribution >= 4 is 21.4 Å². The molecular weight excluding hydrogens is 482 g/mol. The Morgan fingerprint density at radius 1 is 1.14 bits per heavy atom. The number of halogens is 2. The van der Waals surface area contributed by atoms with Crippen molar-refractivity contribution in [3.8, 4) is 0 Å². The third-order valence-corrected chi connectivity index (χ3v) is 9.13. The lowest BCUT2D eigenvalue weighted by molar-refractivity contribution is -0.0512. The fourth-order valence-corrected chi connectivity index (χ4v) is 7.10. The summed E-state index contributed by atoms with van der Waals surface area (Å²) in [6.45, 7) is 7.39. The number of nitrogens with zero attached hydrogens (tertiary/aromatic N) is 2. The van der Waals surface area contributed by atoms with Gasteiger partial charge in [0.05, 0.1) is 16.7 Å². The van der Waals surface area contributed by atoms with Crippen LogP contribution in [0.2, 0.25) is 0 Å². The average Bonchev–Trinajstić information content (AvgIpc) is 2.83. The lowest BCUT2D eigenvalue weighted by Gasteiger charge is -2.38. The summed E-state index contributed by atoms with van der Waals surface area (Å²) < 4.78 is 57.0. The molecule has 0 bridgehead atoms. The fraction of sp³-hybridized carbons (Fsp3) is 0.571. The standard InChI is InChI=1S/C28H38F2N2O3S/c1-4-21-7-9-23(10-8-21)32(18-20(2)3)36(34,35)24-11-12-26-25(16-24)27(33)13-15-31(26)19-22-6-5-14-28(29,30)17-22/h7-12,16,20,22,27,33H,4-6,13-15,17-19H2,1-3H3. The van der Waals surface area contributed by atoms with Crippen LogP contribution < -0.4 is 9.21 Å². The van der Waals surface area contributed by atoms with Crippen LogP contribution in [-0.2, 0) is 16.4 Å². The monoisotopic (exact) mass is 520 g/mol. The predicted molar refractivity (Wildman–Crippen MR) is 140 cm³/mol. The minimum Gasteiger partial charge on any atom is -0.388 e. The van der Waals surface area contributed by atoms with Crippen LogP contribution in [0.25, 0.3) is 0 Å². The molecule has 1 heterocycles. The molecule has 0 spiro atoms. The van der Waals surface area contributed by atoms with Gasteiger partial charge in [0.2, 0.25) is 5.92 Å². The van der Waals surface area contributed by atoms with Crippen molar-refractivity contribution in [1.29, 1.82) is 0 Å². The van der Waals surface area contributed by atoms with Crippen molar-refractivity contribution < 1.29 is 22.3 Å². The Bertz CT molecular complexity index is 1150. The van der Waals surface area contributed by atoms with Crippen LogP contribution in [0.4, 0.5) is 20.2 Å². The minimum absolute atomic E-state index is 0.0476. The molecule has 2 aromatic rings. The topological polar surface area (TPSA) is 60.9 Å². The fourth-order valence-electron chi connectivity index (χ4n) is 5.43. The number of rotatable bonds is 8. The number of aryl methyl sites for hydroxylation is 1. The van der Waals surface area contributed by atoms with Gasteiger partial charge in [0, 0.05) is 43.7 Å². The highest BCUT2D eigenvalue weighted by Crippen LogP contribution is 2.41. The van der Waals surface area contributed by atoms with Gasteiger partial charge in [0.1, 0.15) is 0 Å². The number of aliphatic hydroxyl groups excluding tert-OH is 1. The molecule has 1 aliphatic heterocycles. The van der Waals surface area contributed by atoms with E-state index in [9.17, 15) is 22.3 Å². The Morgan fingerprint density at radius 2 is 1.86 bits per heavy atom. The van der Waals surface area contributed by atoms with Crippen molar-refractivity contribution in [2.24, 2.45) is 11.8 Å². The van der Waals surface area contributed by atoms with Gasteiger partial charge >= 0.3 is 0 Å². The van der Waals surface area contributed by atoms with Gasteiger partial charge in [-0.1, -0.05) is 32.9 Å². The highest BCUT2D eigenvalue weighted by Gasteiger charge is 2.38. The molecule has 1 N–H and O–H groups in total. The maximum Gasteiger partial charge on any atom is 0.264 e. The number of aliphatic hydroxyl groups is 1. The SMILES string of the molecule is CCc1ccc(N(CC(C)C)S(=O)(=O)c2ccc3c(c2)C(O)CCN3CC2CCCC(F)(F)C2)cc1. The zero-order chi connectivity index (χ0) is 26.1. The second-order valence-corrected chi connectivity index (χ2v) is 12.6. The highest BCUT2D eigenvalue weighted by atomic mass is 32.2. The third-order valence-electron chi connectivity index (χ3n) is 7.34. The molecule has 2 aliphatic rings. The van der Waals surface area contributed by atoms with Crippen LogP contribution in [0.5, 0.6) is 0 Å². The lowest BCUT2D eigenvalue weighted by atomic mass is 9.85. The van der Waals surface area contributed by atoms with E-state index >= 15 is 0 Å². The molecule has 36 heavy (non-hydrogen) atoms. The Balaban J connectivity index is 1.64. The predicted octanol–water partition coefficient (Wildman–Crippen LogP) is 6.17. The summed E-state index contributed by atoms with van der Waals surface area (Å²) in [6.07, 6.45) is 1.63. The molecule has 0 radical (unpaired) electrons. The van der Waals surface area contributed by atoms with Crippen molar-refractivity contribution in [2.45, 2.75) is 76.2 Å². The summed E-state index contributed by atoms with van der Waals surface area (Å²) in [4.78, 5) is 2.17. The second kappa shape index (κ2) is 10.7. The first-order chi connectivity index (χ1) is 17.0. The Hall–Kier alpha value is -2.19. The zero-order valence-electron chi connectivity index (χ0n) is 21.5. The molecule has 2 unspecified atom stereocenters. The number of fused-ring (bicyclic) bond motifs is 1. The summed E-state index contributed by atoms with van der Waals surface area (Å²) in [5.41, 5.74) is 3.03. The maximum absolute atomic E-state index is 14.0. The molecule has 1 fully saturated rings. The van der Waals surface area contributed by atoms with E-state index in [-0.39, 0.29) is 29.6 Å². The first-order valence-electron chi connectivity index (χ1n) is 13.1. The van der Waals surface area contributed by atoms with Gasteiger partial charge in [-0.25, -0.2) is 17.2 Å². The van der Waals surface area contributed by atoms with E-state index in [2.05, 4.69) is 6.92 Å². The van der Waals surface area contributed by atoms with Crippen molar-refractivity contribution in [1.82, 2.24) is 0 Å². The summed E-state index contributed by atoms with van der Waals surface area (Å²) in [7, 11) is -3.88. The molecule has 4 rings (SSSR count). The number of anilines is 2. The van der Waals surface area contributed by atoms with E-state index in [1.165, 1.54) is 4.31 Å². The van der Waals surface area contributed by atoms with E-state index in [1.54, 1.807) is 18.2 Å². The third kappa shape index (κ3) is 5.86. The molecule has 1 saturated carbocycles. The Labute approximate surface area is 214 Å². The number of sulfonamides is 1. The molecule has 2 atom stereocenters. The first-order valence-corrected chi connectivity index (χ1v) is 14.5. The molecular formula is C28H38F2N2O3S. The average molecular weight is 521 g/mol. The van der Waals surface area contributed by atoms with Gasteiger partial charge in [0.15, 0.2) is 0 Å². The molecule has 1 aliphatic carbocycles. The Morgan fingerprint density at radius 3 is 2.50 bits per heavy atom. The number of hydrogen-bond acceptors (Lipinski definition) is 4. The largest absolute Gasteiger partial charge is 0.388 e. The van der Waals surface area contributed by atoms with Crippen molar-refractivity contribution in [3.63, 3.8) is 0 Å². The van der Waals surface area contributed by atoms with Crippen LogP contribution in [0.3, 0.4) is 0 Å². The summed E-state index contributed by atoms with van der Waals surface area (Å²) in [6, 6.07) is 12.5. The van der Waals surface area contributed by atoms with E-state index in [1.807, 2.05) is 43.0 Å². The van der Waals surface area contributed by atoms with Crippen LogP contribution in [0, 0.1) is 11.8 Å². The number of alkyl halides is 2. The zero-order valence-corrected chi connectivity index (χ0v) is 22.3. The van der Waals surface area contributed by atoms with Gasteiger partial charge in [-0.15, -0.1) is 0 Å². The molecule has 0 saturated heterocycles. The van der Waals surface area contributed by atoms with Gasteiger partial charge in [0.25, 0.3) is 10.0 Å². The summed E-state index contributed by atoms with van der Waals surface area (Å²) >= 11 is 0. The van der Waals surface area contributed by atoms with Gasteiger partial charge < -0.3 is 10.0 Å². The number of hydrogen-bond donors (Lipinski definition) is 1. The smallest absolute Gasteiger partial charge is 0.264 e. The molecule has 198 valence electrons. The van der Waals surface area contributed by atoms with Gasteiger partial charge in [-0.05, 0) is 73.4 Å². The van der Waals surface area contributed by atoms with Crippen LogP contribution in [0.1, 0.15) is 70.1 Å². The van der Waals surface area contributed by atoms with E-state index < -0.39 is 22.0 Å². The van der Waals surface area contributed by atoms with E-state index in [0.29, 0.717) is 43.7 Å². The van der Waals surface area contributed by atoms with Gasteiger partial charge in [-0.3, -0.25) is 4.31 Å². The van der Waals surface area contributed by atoms with Crippen molar-refractivity contribution in [3.05, 3.63) is 53.6 Å². The second-order valence-electron chi connectivity index (χ2n) is 10.7. The van der Waals surface area contributed by atoms with Crippen LogP contribution in [-0.4, -0.2) is 39.1 Å². The highest BCUT2D eigenvalue weighted by molar-refractivity contribution is 7.92. The number of benzene rings is 2. The minimum atomic E-state index is -3.88. The van der Waals surface area contributed by atoms with Gasteiger partial charge in [-0.2, -0.15) is 0 Å². The summed E-state index contributed by atoms with van der Waals surface area (Å²) in [5, 5.41) is 10.8. The molecule has 8 heteroatoms.